The molecule has 3 rings (SSSR count). The molecule has 6 heteroatoms. The molecule has 0 aliphatic carbocycles. The van der Waals surface area contributed by atoms with Crippen molar-refractivity contribution in [3.8, 4) is 11.4 Å². The Morgan fingerprint density at radius 2 is 2.26 bits per heavy atom. The van der Waals surface area contributed by atoms with Gasteiger partial charge in [-0.15, -0.1) is 0 Å². The van der Waals surface area contributed by atoms with E-state index in [0.29, 0.717) is 18.9 Å². The maximum absolute atomic E-state index is 12.4. The van der Waals surface area contributed by atoms with Crippen LogP contribution in [0.5, 0.6) is 0 Å². The van der Waals surface area contributed by atoms with Gasteiger partial charge in [-0.25, -0.2) is 4.98 Å². The van der Waals surface area contributed by atoms with E-state index >= 15 is 0 Å². The van der Waals surface area contributed by atoms with Crippen molar-refractivity contribution in [3.63, 3.8) is 0 Å². The number of hydrogen-bond donors (Lipinski definition) is 0. The summed E-state index contributed by atoms with van der Waals surface area (Å²) in [5.74, 6) is 0.599. The largest absolute Gasteiger partial charge is 0.451 e. The van der Waals surface area contributed by atoms with E-state index in [9.17, 15) is 4.79 Å². The maximum atomic E-state index is 12.4. The molecule has 0 fully saturated rings. The number of aryl methyl sites for hydroxylation is 1. The summed E-state index contributed by atoms with van der Waals surface area (Å²) in [7, 11) is 0. The van der Waals surface area contributed by atoms with E-state index in [4.69, 9.17) is 9.52 Å². The number of carbonyl (C=O) groups excluding carboxylic acids is 1. The van der Waals surface area contributed by atoms with E-state index in [0.717, 1.165) is 42.9 Å². The average molecular weight is 316 g/mol. The highest BCUT2D eigenvalue weighted by molar-refractivity contribution is 5.77. The molecule has 0 unspecified atom stereocenters. The molecule has 0 N–H and O–H groups in total. The summed E-state index contributed by atoms with van der Waals surface area (Å²) in [6.07, 6.45) is 5.52. The van der Waals surface area contributed by atoms with E-state index in [1.165, 1.54) is 12.1 Å². The first kappa shape index (κ1) is 15.8. The second-order valence-corrected chi connectivity index (χ2v) is 6.53. The highest BCUT2D eigenvalue weighted by Crippen LogP contribution is 2.30. The van der Waals surface area contributed by atoms with Crippen molar-refractivity contribution in [2.24, 2.45) is 5.92 Å². The first-order valence-corrected chi connectivity index (χ1v) is 8.35. The summed E-state index contributed by atoms with van der Waals surface area (Å²) >= 11 is 0. The van der Waals surface area contributed by atoms with Crippen molar-refractivity contribution in [1.29, 1.82) is 0 Å². The van der Waals surface area contributed by atoms with Crippen LogP contribution in [0.15, 0.2) is 17.1 Å². The van der Waals surface area contributed by atoms with Gasteiger partial charge in [0.25, 0.3) is 0 Å². The topological polar surface area (TPSA) is 64.2 Å². The Hall–Kier alpha value is -2.11. The minimum atomic E-state index is 0.222. The minimum Gasteiger partial charge on any atom is -0.451 e. The van der Waals surface area contributed by atoms with E-state index < -0.39 is 0 Å². The number of aromatic nitrogens is 3. The van der Waals surface area contributed by atoms with Gasteiger partial charge < -0.3 is 9.32 Å². The van der Waals surface area contributed by atoms with Crippen LogP contribution in [0.3, 0.4) is 0 Å². The molecule has 0 saturated carbocycles. The Kier molecular flexibility index (Phi) is 4.50. The lowest BCUT2D eigenvalue weighted by Gasteiger charge is -2.28. The van der Waals surface area contributed by atoms with Gasteiger partial charge in [0, 0.05) is 43.7 Å². The molecule has 0 aromatic carbocycles. The molecular formula is C17H24N4O2. The van der Waals surface area contributed by atoms with Crippen LogP contribution in [-0.2, 0) is 24.3 Å². The van der Waals surface area contributed by atoms with Gasteiger partial charge in [0.2, 0.25) is 5.91 Å². The predicted octanol–water partition coefficient (Wildman–Crippen LogP) is 2.88. The van der Waals surface area contributed by atoms with Crippen LogP contribution >= 0.6 is 0 Å². The molecule has 0 atom stereocenters. The van der Waals surface area contributed by atoms with Gasteiger partial charge in [-0.1, -0.05) is 20.8 Å². The zero-order valence-corrected chi connectivity index (χ0v) is 14.1. The third kappa shape index (κ3) is 3.16. The summed E-state index contributed by atoms with van der Waals surface area (Å²) in [4.78, 5) is 18.6. The Labute approximate surface area is 136 Å². The predicted molar refractivity (Wildman–Crippen MR) is 86.6 cm³/mol. The quantitative estimate of drug-likeness (QED) is 0.851. The zero-order valence-electron chi connectivity index (χ0n) is 14.1. The number of carbonyl (C=O) groups is 1. The van der Waals surface area contributed by atoms with Gasteiger partial charge in [-0.2, -0.15) is 5.10 Å². The molecule has 2 aromatic rings. The summed E-state index contributed by atoms with van der Waals surface area (Å²) in [6, 6.07) is 0. The van der Waals surface area contributed by atoms with Gasteiger partial charge in [-0.05, 0) is 12.3 Å². The lowest BCUT2D eigenvalue weighted by Crippen LogP contribution is -2.37. The van der Waals surface area contributed by atoms with Crippen LogP contribution in [0.1, 0.15) is 44.9 Å². The van der Waals surface area contributed by atoms with Crippen molar-refractivity contribution in [2.45, 2.75) is 53.1 Å². The molecule has 1 amide bonds. The molecule has 23 heavy (non-hydrogen) atoms. The molecule has 0 radical (unpaired) electrons. The zero-order chi connectivity index (χ0) is 16.4. The average Bonchev–Trinajstić information content (AvgIpc) is 3.14. The Bertz CT molecular complexity index is 673. The first-order chi connectivity index (χ1) is 11.1. The van der Waals surface area contributed by atoms with Crippen molar-refractivity contribution in [1.82, 2.24) is 19.7 Å². The van der Waals surface area contributed by atoms with Crippen LogP contribution in [0.2, 0.25) is 0 Å². The van der Waals surface area contributed by atoms with Crippen LogP contribution in [0, 0.1) is 5.92 Å². The Morgan fingerprint density at radius 3 is 2.91 bits per heavy atom. The molecule has 0 bridgehead atoms. The number of hydrogen-bond acceptors (Lipinski definition) is 4. The fraction of sp³-hybridized carbons (Fsp3) is 0.588. The summed E-state index contributed by atoms with van der Waals surface area (Å²) < 4.78 is 7.19. The molecule has 1 aliphatic heterocycles. The Morgan fingerprint density at radius 1 is 1.43 bits per heavy atom. The second kappa shape index (κ2) is 6.56. The normalized spacial score (nSPS) is 14.3. The van der Waals surface area contributed by atoms with E-state index in [2.05, 4.69) is 30.4 Å². The van der Waals surface area contributed by atoms with Gasteiger partial charge in [-0.3, -0.25) is 9.48 Å². The minimum absolute atomic E-state index is 0.222. The molecule has 3 heterocycles. The maximum Gasteiger partial charge on any atom is 0.223 e. The van der Waals surface area contributed by atoms with Gasteiger partial charge in [0.1, 0.15) is 17.7 Å². The molecular weight excluding hydrogens is 292 g/mol. The lowest BCUT2D eigenvalue weighted by atomic mass is 10.0. The second-order valence-electron chi connectivity index (χ2n) is 6.53. The first-order valence-electron chi connectivity index (χ1n) is 8.35. The van der Waals surface area contributed by atoms with Gasteiger partial charge in [0.05, 0.1) is 0 Å². The van der Waals surface area contributed by atoms with Gasteiger partial charge in [0.15, 0.2) is 6.39 Å². The Balaban J connectivity index is 1.92. The number of rotatable bonds is 5. The van der Waals surface area contributed by atoms with Gasteiger partial charge >= 0.3 is 0 Å². The molecule has 6 nitrogen and oxygen atoms in total. The van der Waals surface area contributed by atoms with Crippen molar-refractivity contribution >= 4 is 5.91 Å². The third-order valence-electron chi connectivity index (χ3n) is 4.18. The fourth-order valence-electron chi connectivity index (χ4n) is 3.11. The van der Waals surface area contributed by atoms with Crippen molar-refractivity contribution in [2.75, 3.05) is 6.54 Å². The molecule has 0 spiro atoms. The number of fused-ring (bicyclic) bond motifs is 1. The molecule has 2 aromatic heterocycles. The highest BCUT2D eigenvalue weighted by atomic mass is 16.3. The van der Waals surface area contributed by atoms with E-state index in [1.54, 1.807) is 6.26 Å². The molecule has 1 aliphatic rings. The number of nitrogens with zero attached hydrogens (tertiary/aromatic N) is 4. The van der Waals surface area contributed by atoms with Crippen LogP contribution in [0.4, 0.5) is 0 Å². The van der Waals surface area contributed by atoms with Crippen molar-refractivity contribution < 1.29 is 9.21 Å². The summed E-state index contributed by atoms with van der Waals surface area (Å²) in [6.45, 7) is 8.57. The monoisotopic (exact) mass is 316 g/mol. The summed E-state index contributed by atoms with van der Waals surface area (Å²) in [5, 5.41) is 4.73. The lowest BCUT2D eigenvalue weighted by molar-refractivity contribution is -0.132. The van der Waals surface area contributed by atoms with Crippen LogP contribution in [-0.4, -0.2) is 32.1 Å². The highest BCUT2D eigenvalue weighted by Gasteiger charge is 2.28. The fourth-order valence-corrected chi connectivity index (χ4v) is 3.11. The van der Waals surface area contributed by atoms with Crippen LogP contribution < -0.4 is 0 Å². The number of oxazole rings is 1. The standard InChI is InChI=1S/C17H24N4O2/c1-4-6-21-15-5-7-20(16(22)8-12(2)3)9-13(15)17(19-21)14-10-23-11-18-14/h10-12H,4-9H2,1-3H3. The van der Waals surface area contributed by atoms with E-state index in [-0.39, 0.29) is 5.91 Å². The van der Waals surface area contributed by atoms with E-state index in [1.807, 2.05) is 4.90 Å². The molecule has 124 valence electrons. The SMILES string of the molecule is CCCn1nc(-c2cocn2)c2c1CCN(C(=O)CC(C)C)C2. The van der Waals surface area contributed by atoms with Crippen LogP contribution in [0.25, 0.3) is 11.4 Å². The van der Waals surface area contributed by atoms with Crippen molar-refractivity contribution in [3.05, 3.63) is 23.9 Å². The smallest absolute Gasteiger partial charge is 0.223 e. The third-order valence-corrected chi connectivity index (χ3v) is 4.18. The summed E-state index contributed by atoms with van der Waals surface area (Å²) in [5.41, 5.74) is 3.95. The molecule has 0 saturated heterocycles. The number of amides is 1.